The number of rotatable bonds is 6. The van der Waals surface area contributed by atoms with Gasteiger partial charge in [0.25, 0.3) is 0 Å². The highest BCUT2D eigenvalue weighted by atomic mass is 16.7. The van der Waals surface area contributed by atoms with Crippen molar-refractivity contribution in [2.75, 3.05) is 34.4 Å². The zero-order chi connectivity index (χ0) is 19.9. The maximum Gasteiger partial charge on any atom is 0.319 e. The molecule has 2 aliphatic heterocycles. The molecule has 1 saturated carbocycles. The van der Waals surface area contributed by atoms with Crippen LogP contribution in [0.5, 0.6) is 0 Å². The Morgan fingerprint density at radius 1 is 1.29 bits per heavy atom. The van der Waals surface area contributed by atoms with E-state index in [1.54, 1.807) is 14.2 Å². The number of fused-ring (bicyclic) bond motifs is 4. The number of hydrogen-bond donors (Lipinski definition) is 1. The standard InChI is InChI=1S/C22H28N2O4/c1-5-10-24-14-16-12-21(20(25)26-2,19(24)13-22(16,27-3)28-4)18-11-15-8-6-7-9-17(15)23-18/h5-9,11,16,19,23H,1,10,12-14H2,2-4H3/t16-,19+,21-/m0/s1. The number of nitrogens with zero attached hydrogens (tertiary/aromatic N) is 1. The molecule has 3 atom stereocenters. The Hall–Kier alpha value is -2.15. The van der Waals surface area contributed by atoms with Crippen molar-refractivity contribution in [2.24, 2.45) is 5.92 Å². The lowest BCUT2D eigenvalue weighted by Gasteiger charge is -2.60. The monoisotopic (exact) mass is 384 g/mol. The summed E-state index contributed by atoms with van der Waals surface area (Å²) in [5.41, 5.74) is 1.10. The molecule has 1 aliphatic carbocycles. The van der Waals surface area contributed by atoms with Gasteiger partial charge in [-0.05, 0) is 23.9 Å². The first kappa shape index (κ1) is 19.2. The van der Waals surface area contributed by atoms with Crippen molar-refractivity contribution in [1.82, 2.24) is 9.88 Å². The van der Waals surface area contributed by atoms with Crippen molar-refractivity contribution >= 4 is 16.9 Å². The van der Waals surface area contributed by atoms with Gasteiger partial charge in [0.05, 0.1) is 7.11 Å². The van der Waals surface area contributed by atoms with Crippen LogP contribution in [0.3, 0.4) is 0 Å². The molecule has 1 N–H and O–H groups in total. The van der Waals surface area contributed by atoms with Crippen LogP contribution >= 0.6 is 0 Å². The van der Waals surface area contributed by atoms with Gasteiger partial charge in [0.1, 0.15) is 5.41 Å². The highest BCUT2D eigenvalue weighted by Crippen LogP contribution is 2.54. The number of ether oxygens (including phenoxy) is 3. The Balaban J connectivity index is 1.88. The van der Waals surface area contributed by atoms with Crippen LogP contribution in [0.25, 0.3) is 10.9 Å². The second kappa shape index (κ2) is 7.03. The summed E-state index contributed by atoms with van der Waals surface area (Å²) in [7, 11) is 4.84. The third-order valence-electron chi connectivity index (χ3n) is 6.75. The second-order valence-electron chi connectivity index (χ2n) is 7.82. The molecule has 2 aromatic rings. The minimum Gasteiger partial charge on any atom is -0.468 e. The van der Waals surface area contributed by atoms with Crippen LogP contribution in [0.2, 0.25) is 0 Å². The van der Waals surface area contributed by atoms with Crippen LogP contribution < -0.4 is 0 Å². The molecule has 2 bridgehead atoms. The summed E-state index contributed by atoms with van der Waals surface area (Å²) in [6, 6.07) is 10.0. The van der Waals surface area contributed by atoms with E-state index in [1.165, 1.54) is 7.11 Å². The van der Waals surface area contributed by atoms with Gasteiger partial charge in [0, 0.05) is 56.9 Å². The number of benzene rings is 1. The van der Waals surface area contributed by atoms with Crippen molar-refractivity contribution < 1.29 is 19.0 Å². The fraction of sp³-hybridized carbons (Fsp3) is 0.500. The fourth-order valence-electron chi connectivity index (χ4n) is 5.41. The quantitative estimate of drug-likeness (QED) is 0.471. The molecule has 0 radical (unpaired) electrons. The van der Waals surface area contributed by atoms with Crippen LogP contribution in [-0.4, -0.2) is 62.1 Å². The molecular weight excluding hydrogens is 356 g/mol. The van der Waals surface area contributed by atoms with Crippen molar-refractivity contribution in [1.29, 1.82) is 0 Å². The Morgan fingerprint density at radius 2 is 2.04 bits per heavy atom. The predicted molar refractivity (Wildman–Crippen MR) is 107 cm³/mol. The van der Waals surface area contributed by atoms with Crippen LogP contribution in [-0.2, 0) is 24.4 Å². The number of aromatic nitrogens is 1. The lowest BCUT2D eigenvalue weighted by Crippen LogP contribution is -2.72. The lowest BCUT2D eigenvalue weighted by atomic mass is 9.58. The average Bonchev–Trinajstić information content (AvgIpc) is 3.18. The smallest absolute Gasteiger partial charge is 0.319 e. The maximum atomic E-state index is 13.3. The number of piperidine rings is 2. The number of carbonyl (C=O) groups excluding carboxylic acids is 1. The van der Waals surface area contributed by atoms with Crippen LogP contribution in [0.4, 0.5) is 0 Å². The van der Waals surface area contributed by atoms with Gasteiger partial charge in [-0.3, -0.25) is 9.69 Å². The normalized spacial score (nSPS) is 29.1. The summed E-state index contributed by atoms with van der Waals surface area (Å²) in [5, 5.41) is 1.09. The number of H-pyrrole nitrogens is 1. The first-order valence-electron chi connectivity index (χ1n) is 9.66. The second-order valence-corrected chi connectivity index (χ2v) is 7.82. The van der Waals surface area contributed by atoms with E-state index in [1.807, 2.05) is 24.3 Å². The number of methoxy groups -OCH3 is 3. The molecule has 0 spiro atoms. The van der Waals surface area contributed by atoms with Gasteiger partial charge in [-0.25, -0.2) is 0 Å². The van der Waals surface area contributed by atoms with Crippen LogP contribution in [0.1, 0.15) is 18.5 Å². The highest BCUT2D eigenvalue weighted by molar-refractivity contribution is 5.88. The van der Waals surface area contributed by atoms with Crippen molar-refractivity contribution in [2.45, 2.75) is 30.1 Å². The number of nitrogens with one attached hydrogen (secondary N) is 1. The molecule has 3 aliphatic rings. The van der Waals surface area contributed by atoms with E-state index in [4.69, 9.17) is 14.2 Å². The molecule has 6 nitrogen and oxygen atoms in total. The maximum absolute atomic E-state index is 13.3. The van der Waals surface area contributed by atoms with Gasteiger partial charge < -0.3 is 19.2 Å². The minimum atomic E-state index is -0.805. The van der Waals surface area contributed by atoms with Crippen LogP contribution in [0, 0.1) is 5.92 Å². The van der Waals surface area contributed by atoms with Crippen molar-refractivity contribution in [3.63, 3.8) is 0 Å². The zero-order valence-corrected chi connectivity index (χ0v) is 16.7. The molecule has 6 heteroatoms. The van der Waals surface area contributed by atoms with E-state index >= 15 is 0 Å². The van der Waals surface area contributed by atoms with Gasteiger partial charge in [-0.1, -0.05) is 24.3 Å². The summed E-state index contributed by atoms with van der Waals surface area (Å²) in [6.07, 6.45) is 3.07. The Labute approximate surface area is 165 Å². The largest absolute Gasteiger partial charge is 0.468 e. The fourth-order valence-corrected chi connectivity index (χ4v) is 5.41. The number of aromatic amines is 1. The predicted octanol–water partition coefficient (Wildman–Crippen LogP) is 2.85. The van der Waals surface area contributed by atoms with Crippen LogP contribution in [0.15, 0.2) is 43.0 Å². The third kappa shape index (κ3) is 2.55. The van der Waals surface area contributed by atoms with E-state index in [9.17, 15) is 4.79 Å². The molecule has 0 unspecified atom stereocenters. The summed E-state index contributed by atoms with van der Waals surface area (Å²) >= 11 is 0. The van der Waals surface area contributed by atoms with Crippen molar-refractivity contribution in [3.8, 4) is 0 Å². The first-order chi connectivity index (χ1) is 13.5. The van der Waals surface area contributed by atoms with Gasteiger partial charge in [0.2, 0.25) is 0 Å². The van der Waals surface area contributed by atoms with E-state index < -0.39 is 11.2 Å². The Morgan fingerprint density at radius 3 is 2.64 bits per heavy atom. The van der Waals surface area contributed by atoms with Gasteiger partial charge in [0.15, 0.2) is 5.79 Å². The lowest BCUT2D eigenvalue weighted by molar-refractivity contribution is -0.296. The molecule has 28 heavy (non-hydrogen) atoms. The Kier molecular flexibility index (Phi) is 4.81. The molecule has 3 fully saturated rings. The highest BCUT2D eigenvalue weighted by Gasteiger charge is 2.65. The summed E-state index contributed by atoms with van der Waals surface area (Å²) in [5.74, 6) is -0.882. The van der Waals surface area contributed by atoms with E-state index in [2.05, 4.69) is 28.6 Å². The summed E-state index contributed by atoms with van der Waals surface area (Å²) in [6.45, 7) is 5.39. The van der Waals surface area contributed by atoms with E-state index in [0.29, 0.717) is 19.4 Å². The van der Waals surface area contributed by atoms with Gasteiger partial charge in [-0.2, -0.15) is 0 Å². The van der Waals surface area contributed by atoms with E-state index in [0.717, 1.165) is 23.1 Å². The minimum absolute atomic E-state index is 0.0259. The average molecular weight is 384 g/mol. The SMILES string of the molecule is C=CCN1C[C@@H]2C[C@](C(=O)OC)(c3cc4ccccc4[nH]3)[C@H]1CC2(OC)OC. The Bertz CT molecular complexity index is 855. The van der Waals surface area contributed by atoms with E-state index in [-0.39, 0.29) is 17.9 Å². The topological polar surface area (TPSA) is 63.8 Å². The molecule has 150 valence electrons. The number of carbonyl (C=O) groups is 1. The van der Waals surface area contributed by atoms with Gasteiger partial charge >= 0.3 is 5.97 Å². The number of hydrogen-bond acceptors (Lipinski definition) is 5. The van der Waals surface area contributed by atoms with Gasteiger partial charge in [-0.15, -0.1) is 6.58 Å². The molecule has 5 rings (SSSR count). The molecule has 0 amide bonds. The summed E-state index contributed by atoms with van der Waals surface area (Å²) < 4.78 is 17.1. The molecule has 1 aromatic carbocycles. The number of esters is 1. The van der Waals surface area contributed by atoms with Crippen molar-refractivity contribution in [3.05, 3.63) is 48.7 Å². The molecule has 2 saturated heterocycles. The molecular formula is C22H28N2O4. The third-order valence-corrected chi connectivity index (χ3v) is 6.75. The summed E-state index contributed by atoms with van der Waals surface area (Å²) in [4.78, 5) is 19.1. The zero-order valence-electron chi connectivity index (χ0n) is 16.7. The molecule has 3 heterocycles. The molecule has 1 aromatic heterocycles. The first-order valence-corrected chi connectivity index (χ1v) is 9.66. The number of para-hydroxylation sites is 1.